The van der Waals surface area contributed by atoms with Crippen LogP contribution in [-0.4, -0.2) is 35.1 Å². The molecule has 4 aromatic carbocycles. The minimum atomic E-state index is -3.01. The molecule has 0 aliphatic carbocycles. The maximum absolute atomic E-state index is 13.7. The first-order valence-electron chi connectivity index (χ1n) is 15.7. The summed E-state index contributed by atoms with van der Waals surface area (Å²) in [6.07, 6.45) is 3.34. The average molecular weight is 621 g/mol. The zero-order valence-electron chi connectivity index (χ0n) is 27.4. The number of ether oxygens (including phenoxy) is 1. The van der Waals surface area contributed by atoms with Crippen molar-refractivity contribution in [1.82, 2.24) is 0 Å². The summed E-state index contributed by atoms with van der Waals surface area (Å²) in [4.78, 5) is 13.7. The molecule has 0 saturated carbocycles. The Kier molecular flexibility index (Phi) is 10.7. The lowest BCUT2D eigenvalue weighted by atomic mass is 10.2. The van der Waals surface area contributed by atoms with Gasteiger partial charge >= 0.3 is 5.97 Å². The Morgan fingerprint density at radius 3 is 1.36 bits per heavy atom. The van der Waals surface area contributed by atoms with Crippen LogP contribution in [0.5, 0.6) is 0 Å². The van der Waals surface area contributed by atoms with Crippen LogP contribution < -0.4 is 20.7 Å². The van der Waals surface area contributed by atoms with Gasteiger partial charge in [0.25, 0.3) is 8.32 Å². The van der Waals surface area contributed by atoms with Crippen molar-refractivity contribution < 1.29 is 14.0 Å². The molecule has 0 spiro atoms. The third-order valence-corrected chi connectivity index (χ3v) is 19.8. The molecule has 0 amide bonds. The predicted molar refractivity (Wildman–Crippen MR) is 191 cm³/mol. The molecule has 4 rings (SSSR count). The number of allylic oxidation sites excluding steroid dienone is 1. The molecule has 0 aromatic heterocycles. The van der Waals surface area contributed by atoms with E-state index in [-0.39, 0.29) is 16.0 Å². The molecule has 0 heterocycles. The molecule has 0 aliphatic rings. The molecule has 0 radical (unpaired) electrons. The van der Waals surface area contributed by atoms with Gasteiger partial charge in [0.05, 0.1) is 6.61 Å². The molecular weight excluding hydrogens is 573 g/mol. The highest BCUT2D eigenvalue weighted by molar-refractivity contribution is 7.04. The third-order valence-electron chi connectivity index (χ3n) is 8.79. The van der Waals surface area contributed by atoms with Gasteiger partial charge in [0.2, 0.25) is 0 Å². The minimum absolute atomic E-state index is 0.00166. The topological polar surface area (TPSA) is 35.5 Å². The van der Waals surface area contributed by atoms with Crippen LogP contribution in [0, 0.1) is 0 Å². The second-order valence-corrected chi connectivity index (χ2v) is 22.6. The minimum Gasteiger partial charge on any atom is -0.464 e. The van der Waals surface area contributed by atoms with Crippen LogP contribution in [0.25, 0.3) is 0 Å². The first kappa shape index (κ1) is 33.4. The largest absolute Gasteiger partial charge is 0.464 e. The van der Waals surface area contributed by atoms with Gasteiger partial charge in [-0.25, -0.2) is 4.79 Å². The summed E-state index contributed by atoms with van der Waals surface area (Å²) < 4.78 is 13.0. The van der Waals surface area contributed by atoms with Crippen molar-refractivity contribution in [3.8, 4) is 0 Å². The lowest BCUT2D eigenvalue weighted by molar-refractivity contribution is -0.149. The van der Waals surface area contributed by atoms with Gasteiger partial charge < -0.3 is 9.16 Å². The van der Waals surface area contributed by atoms with Crippen LogP contribution in [0.15, 0.2) is 133 Å². The van der Waals surface area contributed by atoms with Crippen molar-refractivity contribution in [2.45, 2.75) is 70.7 Å². The van der Waals surface area contributed by atoms with Gasteiger partial charge in [-0.3, -0.25) is 0 Å². The number of benzene rings is 4. The maximum atomic E-state index is 13.7. The van der Waals surface area contributed by atoms with Crippen molar-refractivity contribution >= 4 is 43.1 Å². The fourth-order valence-corrected chi connectivity index (χ4v) is 16.4. The SMILES string of the molecule is CCOC(=O)C(/C=C/C[Si](c1ccccc1)(c1ccccc1)C(C)(C)C)O[Si](c1ccccc1)(c1ccccc1)C(C)(C)C. The van der Waals surface area contributed by atoms with Crippen LogP contribution in [0.4, 0.5) is 0 Å². The predicted octanol–water partition coefficient (Wildman–Crippen LogP) is 7.11. The third kappa shape index (κ3) is 6.75. The Morgan fingerprint density at radius 2 is 1.02 bits per heavy atom. The van der Waals surface area contributed by atoms with Crippen LogP contribution >= 0.6 is 0 Å². The van der Waals surface area contributed by atoms with E-state index >= 15 is 0 Å². The Bertz CT molecular complexity index is 1410. The van der Waals surface area contributed by atoms with Crippen LogP contribution in [0.3, 0.4) is 0 Å². The number of hydrogen-bond acceptors (Lipinski definition) is 3. The zero-order chi connectivity index (χ0) is 31.8. The van der Waals surface area contributed by atoms with Crippen LogP contribution in [0.2, 0.25) is 16.1 Å². The number of hydrogen-bond donors (Lipinski definition) is 0. The molecule has 0 N–H and O–H groups in total. The van der Waals surface area contributed by atoms with Gasteiger partial charge in [-0.2, -0.15) is 0 Å². The first-order chi connectivity index (χ1) is 21.0. The van der Waals surface area contributed by atoms with Crippen LogP contribution in [0.1, 0.15) is 48.5 Å². The second-order valence-electron chi connectivity index (χ2n) is 13.5. The fourth-order valence-electron chi connectivity index (χ4n) is 6.66. The molecule has 0 aliphatic heterocycles. The van der Waals surface area contributed by atoms with E-state index in [2.05, 4.69) is 157 Å². The number of esters is 1. The smallest absolute Gasteiger partial charge is 0.338 e. The highest BCUT2D eigenvalue weighted by atomic mass is 28.4. The van der Waals surface area contributed by atoms with E-state index in [0.717, 1.165) is 16.4 Å². The van der Waals surface area contributed by atoms with E-state index in [9.17, 15) is 4.79 Å². The fraction of sp³-hybridized carbons (Fsp3) is 0.308. The average Bonchev–Trinajstić information content (AvgIpc) is 3.01. The van der Waals surface area contributed by atoms with Crippen molar-refractivity contribution in [2.24, 2.45) is 0 Å². The molecule has 44 heavy (non-hydrogen) atoms. The summed E-state index contributed by atoms with van der Waals surface area (Å²) in [5, 5.41) is 4.75. The quantitative estimate of drug-likeness (QED) is 0.102. The van der Waals surface area contributed by atoms with E-state index in [1.165, 1.54) is 10.4 Å². The summed E-state index contributed by atoms with van der Waals surface area (Å²) >= 11 is 0. The summed E-state index contributed by atoms with van der Waals surface area (Å²) in [5.74, 6) is -0.348. The van der Waals surface area contributed by atoms with Crippen molar-refractivity contribution in [3.05, 3.63) is 133 Å². The van der Waals surface area contributed by atoms with Gasteiger partial charge in [-0.15, -0.1) is 0 Å². The molecule has 3 nitrogen and oxygen atoms in total. The van der Waals surface area contributed by atoms with Gasteiger partial charge in [0, 0.05) is 0 Å². The Morgan fingerprint density at radius 1 is 0.636 bits per heavy atom. The Labute approximate surface area is 267 Å². The molecule has 0 bridgehead atoms. The lowest BCUT2D eigenvalue weighted by Gasteiger charge is -2.44. The molecule has 230 valence electrons. The highest BCUT2D eigenvalue weighted by Gasteiger charge is 2.52. The number of carbonyl (C=O) groups excluding carboxylic acids is 1. The molecular formula is C39H48O3Si2. The standard InChI is InChI=1S/C39H48O3Si2/c1-8-41-37(40)36(42-44(39(5,6)7,34-26-17-11-18-27-34)35-28-19-12-20-29-35)30-21-31-43(38(2,3)4,32-22-13-9-14-23-32)33-24-15-10-16-25-33/h9-30,36H,8,31H2,1-7H3/b30-21+. The molecule has 1 unspecified atom stereocenters. The molecule has 4 aromatic rings. The highest BCUT2D eigenvalue weighted by Crippen LogP contribution is 2.40. The molecule has 0 saturated heterocycles. The Hall–Kier alpha value is -3.52. The zero-order valence-corrected chi connectivity index (χ0v) is 29.4. The van der Waals surface area contributed by atoms with Crippen LogP contribution in [-0.2, 0) is 14.0 Å². The summed E-state index contributed by atoms with van der Waals surface area (Å²) in [5.41, 5.74) is 0. The summed E-state index contributed by atoms with van der Waals surface area (Å²) in [6, 6.07) is 43.6. The lowest BCUT2D eigenvalue weighted by Crippen LogP contribution is -2.68. The van der Waals surface area contributed by atoms with Crippen molar-refractivity contribution in [3.63, 3.8) is 0 Å². The summed E-state index contributed by atoms with van der Waals surface area (Å²) in [7, 11) is -5.38. The summed E-state index contributed by atoms with van der Waals surface area (Å²) in [6.45, 7) is 15.9. The second kappa shape index (κ2) is 14.1. The van der Waals surface area contributed by atoms with Gasteiger partial charge in [0.15, 0.2) is 6.10 Å². The number of rotatable bonds is 11. The van der Waals surface area contributed by atoms with E-state index in [1.54, 1.807) is 0 Å². The maximum Gasteiger partial charge on any atom is 0.338 e. The van der Waals surface area contributed by atoms with E-state index < -0.39 is 22.5 Å². The van der Waals surface area contributed by atoms with Gasteiger partial charge in [-0.1, -0.05) is 185 Å². The van der Waals surface area contributed by atoms with Gasteiger partial charge in [-0.05, 0) is 33.4 Å². The van der Waals surface area contributed by atoms with Gasteiger partial charge in [0.1, 0.15) is 8.07 Å². The van der Waals surface area contributed by atoms with E-state index in [4.69, 9.17) is 9.16 Å². The van der Waals surface area contributed by atoms with Crippen molar-refractivity contribution in [1.29, 1.82) is 0 Å². The van der Waals surface area contributed by atoms with E-state index in [0.29, 0.717) is 6.61 Å². The van der Waals surface area contributed by atoms with Crippen molar-refractivity contribution in [2.75, 3.05) is 6.61 Å². The molecule has 1 atom stereocenters. The Balaban J connectivity index is 1.86. The van der Waals surface area contributed by atoms with E-state index in [1.807, 2.05) is 25.1 Å². The normalized spacial score (nSPS) is 13.5. The molecule has 5 heteroatoms. The number of carbonyl (C=O) groups is 1. The first-order valence-corrected chi connectivity index (χ1v) is 19.8. The monoisotopic (exact) mass is 620 g/mol. The molecule has 0 fully saturated rings.